The molecule has 0 aromatic heterocycles. The molecular weight excluding hydrogens is 208 g/mol. The minimum Gasteiger partial charge on any atom is -0.393 e. The summed E-state index contributed by atoms with van der Waals surface area (Å²) in [4.78, 5) is 0. The first-order valence-corrected chi connectivity index (χ1v) is 6.21. The van der Waals surface area contributed by atoms with Crippen molar-refractivity contribution >= 4 is 0 Å². The Balaban J connectivity index is 3.62. The van der Waals surface area contributed by atoms with E-state index in [1.165, 1.54) is 0 Å². The molecule has 0 fully saturated rings. The molecule has 0 saturated carbocycles. The summed E-state index contributed by atoms with van der Waals surface area (Å²) in [5.74, 6) is 0. The number of rotatable bonds is 9. The van der Waals surface area contributed by atoms with E-state index < -0.39 is 24.4 Å². The van der Waals surface area contributed by atoms with Crippen LogP contribution in [0, 0.1) is 0 Å². The third kappa shape index (κ3) is 8.05. The summed E-state index contributed by atoms with van der Waals surface area (Å²) < 4.78 is 0. The van der Waals surface area contributed by atoms with Gasteiger partial charge in [0, 0.05) is 0 Å². The first-order chi connectivity index (χ1) is 7.49. The molecule has 0 aromatic carbocycles. The van der Waals surface area contributed by atoms with Crippen LogP contribution in [0.1, 0.15) is 52.4 Å². The summed E-state index contributed by atoms with van der Waals surface area (Å²) in [5, 5.41) is 37.7. The van der Waals surface area contributed by atoms with Gasteiger partial charge in [0.05, 0.1) is 24.4 Å². The van der Waals surface area contributed by atoms with Crippen molar-refractivity contribution in [3.63, 3.8) is 0 Å². The zero-order valence-electron chi connectivity index (χ0n) is 10.3. The zero-order chi connectivity index (χ0) is 12.6. The molecule has 4 N–H and O–H groups in total. The molecule has 0 radical (unpaired) electrons. The lowest BCUT2D eigenvalue weighted by Gasteiger charge is -2.18. The van der Waals surface area contributed by atoms with Crippen molar-refractivity contribution in [1.82, 2.24) is 0 Å². The van der Waals surface area contributed by atoms with Gasteiger partial charge in [-0.05, 0) is 38.5 Å². The number of aliphatic hydroxyl groups excluding tert-OH is 4. The van der Waals surface area contributed by atoms with Gasteiger partial charge in [-0.3, -0.25) is 0 Å². The van der Waals surface area contributed by atoms with E-state index in [-0.39, 0.29) is 0 Å². The molecule has 0 aliphatic carbocycles. The molecule has 4 atom stereocenters. The monoisotopic (exact) mass is 234 g/mol. The molecule has 0 saturated heterocycles. The Kier molecular flexibility index (Phi) is 8.84. The fourth-order valence-corrected chi connectivity index (χ4v) is 1.58. The first kappa shape index (κ1) is 15.8. The van der Waals surface area contributed by atoms with Crippen molar-refractivity contribution in [1.29, 1.82) is 0 Å². The summed E-state index contributed by atoms with van der Waals surface area (Å²) in [6.07, 6.45) is 0.860. The molecule has 98 valence electrons. The molecule has 0 aliphatic heterocycles. The summed E-state index contributed by atoms with van der Waals surface area (Å²) in [6, 6.07) is 0. The van der Waals surface area contributed by atoms with Crippen LogP contribution in [-0.4, -0.2) is 44.8 Å². The maximum Gasteiger partial charge on any atom is 0.0565 e. The van der Waals surface area contributed by atoms with E-state index in [1.807, 2.05) is 13.8 Å². The van der Waals surface area contributed by atoms with Crippen molar-refractivity contribution in [2.75, 3.05) is 0 Å². The molecule has 0 rings (SSSR count). The number of hydrogen-bond donors (Lipinski definition) is 4. The van der Waals surface area contributed by atoms with Crippen LogP contribution >= 0.6 is 0 Å². The molecule has 16 heavy (non-hydrogen) atoms. The van der Waals surface area contributed by atoms with E-state index >= 15 is 0 Å². The molecular formula is C12H26O4. The van der Waals surface area contributed by atoms with Gasteiger partial charge in [-0.2, -0.15) is 0 Å². The smallest absolute Gasteiger partial charge is 0.0565 e. The topological polar surface area (TPSA) is 80.9 Å². The van der Waals surface area contributed by atoms with E-state index in [9.17, 15) is 20.4 Å². The summed E-state index contributed by atoms with van der Waals surface area (Å²) in [5.41, 5.74) is 0. The van der Waals surface area contributed by atoms with Gasteiger partial charge in [0.1, 0.15) is 0 Å². The van der Waals surface area contributed by atoms with Gasteiger partial charge in [-0.1, -0.05) is 13.8 Å². The highest BCUT2D eigenvalue weighted by Crippen LogP contribution is 2.12. The summed E-state index contributed by atoms with van der Waals surface area (Å²) in [7, 11) is 0. The Morgan fingerprint density at radius 1 is 0.625 bits per heavy atom. The highest BCUT2D eigenvalue weighted by molar-refractivity contribution is 4.67. The third-order valence-electron chi connectivity index (χ3n) is 2.86. The average molecular weight is 234 g/mol. The van der Waals surface area contributed by atoms with Gasteiger partial charge in [0.25, 0.3) is 0 Å². The lowest BCUT2D eigenvalue weighted by molar-refractivity contribution is 0.0426. The standard InChI is InChI=1S/C12H26O4/c1-3-9(13)7-11(15)5-6-12(16)8-10(14)4-2/h9-16H,3-8H2,1-2H3/t9-,10+,11+,12-. The van der Waals surface area contributed by atoms with E-state index in [0.717, 1.165) is 0 Å². The third-order valence-corrected chi connectivity index (χ3v) is 2.86. The molecule has 0 spiro atoms. The van der Waals surface area contributed by atoms with Gasteiger partial charge >= 0.3 is 0 Å². The van der Waals surface area contributed by atoms with Crippen molar-refractivity contribution in [2.24, 2.45) is 0 Å². The quantitative estimate of drug-likeness (QED) is 0.476. The molecule has 0 heterocycles. The molecule has 0 unspecified atom stereocenters. The normalized spacial score (nSPS) is 19.1. The second kappa shape index (κ2) is 8.93. The molecule has 0 aromatic rings. The van der Waals surface area contributed by atoms with E-state index in [0.29, 0.717) is 38.5 Å². The van der Waals surface area contributed by atoms with Crippen LogP contribution in [0.5, 0.6) is 0 Å². The summed E-state index contributed by atoms with van der Waals surface area (Å²) in [6.45, 7) is 3.73. The fraction of sp³-hybridized carbons (Fsp3) is 1.00. The van der Waals surface area contributed by atoms with E-state index in [4.69, 9.17) is 0 Å². The maximum absolute atomic E-state index is 9.56. The number of aliphatic hydroxyl groups is 4. The van der Waals surface area contributed by atoms with E-state index in [1.54, 1.807) is 0 Å². The van der Waals surface area contributed by atoms with Crippen molar-refractivity contribution < 1.29 is 20.4 Å². The minimum absolute atomic E-state index is 0.361. The summed E-state index contributed by atoms with van der Waals surface area (Å²) >= 11 is 0. The van der Waals surface area contributed by atoms with Crippen LogP contribution < -0.4 is 0 Å². The highest BCUT2D eigenvalue weighted by atomic mass is 16.3. The molecule has 0 aliphatic rings. The van der Waals surface area contributed by atoms with Crippen molar-refractivity contribution in [3.05, 3.63) is 0 Å². The Morgan fingerprint density at radius 3 is 1.19 bits per heavy atom. The van der Waals surface area contributed by atoms with Crippen molar-refractivity contribution in [3.8, 4) is 0 Å². The van der Waals surface area contributed by atoms with Crippen LogP contribution in [0.15, 0.2) is 0 Å². The van der Waals surface area contributed by atoms with Crippen molar-refractivity contribution in [2.45, 2.75) is 76.8 Å². The lowest BCUT2D eigenvalue weighted by Crippen LogP contribution is -2.21. The van der Waals surface area contributed by atoms with Crippen LogP contribution in [0.2, 0.25) is 0 Å². The Hall–Kier alpha value is -0.160. The Morgan fingerprint density at radius 2 is 0.938 bits per heavy atom. The Labute approximate surface area is 97.9 Å². The van der Waals surface area contributed by atoms with Gasteiger partial charge in [0.2, 0.25) is 0 Å². The average Bonchev–Trinajstić information content (AvgIpc) is 2.26. The van der Waals surface area contributed by atoms with Gasteiger partial charge in [-0.25, -0.2) is 0 Å². The van der Waals surface area contributed by atoms with Crippen LogP contribution in [0.25, 0.3) is 0 Å². The highest BCUT2D eigenvalue weighted by Gasteiger charge is 2.14. The Bertz CT molecular complexity index is 145. The minimum atomic E-state index is -0.566. The van der Waals surface area contributed by atoms with Gasteiger partial charge < -0.3 is 20.4 Å². The second-order valence-corrected chi connectivity index (χ2v) is 4.48. The van der Waals surface area contributed by atoms with E-state index in [2.05, 4.69) is 0 Å². The van der Waals surface area contributed by atoms with Crippen LogP contribution in [0.4, 0.5) is 0 Å². The molecule has 0 amide bonds. The fourth-order valence-electron chi connectivity index (χ4n) is 1.58. The number of hydrogen-bond acceptors (Lipinski definition) is 4. The largest absolute Gasteiger partial charge is 0.393 e. The molecule has 4 heteroatoms. The lowest BCUT2D eigenvalue weighted by atomic mass is 10.0. The predicted molar refractivity (Wildman–Crippen MR) is 63.1 cm³/mol. The maximum atomic E-state index is 9.56. The first-order valence-electron chi connectivity index (χ1n) is 6.21. The van der Waals surface area contributed by atoms with Gasteiger partial charge in [-0.15, -0.1) is 0 Å². The second-order valence-electron chi connectivity index (χ2n) is 4.48. The predicted octanol–water partition coefficient (Wildman–Crippen LogP) is 0.810. The SMILES string of the molecule is CC[C@@H](O)C[C@@H](O)CC[C@@H](O)C[C@@H](O)CC. The zero-order valence-corrected chi connectivity index (χ0v) is 10.3. The van der Waals surface area contributed by atoms with Gasteiger partial charge in [0.15, 0.2) is 0 Å². The molecule has 4 nitrogen and oxygen atoms in total. The van der Waals surface area contributed by atoms with Crippen LogP contribution in [-0.2, 0) is 0 Å². The molecule has 0 bridgehead atoms. The van der Waals surface area contributed by atoms with Crippen LogP contribution in [0.3, 0.4) is 0 Å².